The summed E-state index contributed by atoms with van der Waals surface area (Å²) in [5.41, 5.74) is -0.626. The number of hydrogen-bond acceptors (Lipinski definition) is 2. The van der Waals surface area contributed by atoms with Crippen LogP contribution >= 0.6 is 0 Å². The highest BCUT2D eigenvalue weighted by Gasteiger charge is 2.30. The Morgan fingerprint density at radius 2 is 1.86 bits per heavy atom. The summed E-state index contributed by atoms with van der Waals surface area (Å²) in [4.78, 5) is 12.1. The molecular weight excluding hydrogens is 295 g/mol. The van der Waals surface area contributed by atoms with Crippen molar-refractivity contribution >= 4 is 11.7 Å². The number of amides is 1. The average Bonchev–Trinajstić information content (AvgIpc) is 2.84. The van der Waals surface area contributed by atoms with Crippen molar-refractivity contribution in [2.45, 2.75) is 26.6 Å². The summed E-state index contributed by atoms with van der Waals surface area (Å²) >= 11 is 0. The molecule has 118 valence electrons. The molecule has 0 saturated heterocycles. The molecule has 0 aliphatic carbocycles. The standard InChI is InChI=1S/C15H16F3N3O/c1-10(2)9-21-13(7-8-19-21)20-14(22)11-3-5-12(6-4-11)15(16,17)18/h3-8,10H,9H2,1-2H3,(H,20,22). The molecule has 2 rings (SSSR count). The van der Waals surface area contributed by atoms with Crippen molar-refractivity contribution in [1.29, 1.82) is 0 Å². The van der Waals surface area contributed by atoms with Gasteiger partial charge in [-0.3, -0.25) is 4.79 Å². The third kappa shape index (κ3) is 3.87. The van der Waals surface area contributed by atoms with E-state index in [1.807, 2.05) is 13.8 Å². The van der Waals surface area contributed by atoms with Gasteiger partial charge in [0.25, 0.3) is 5.91 Å². The van der Waals surface area contributed by atoms with Crippen molar-refractivity contribution < 1.29 is 18.0 Å². The molecule has 1 aromatic carbocycles. The van der Waals surface area contributed by atoms with Crippen LogP contribution < -0.4 is 5.32 Å². The zero-order chi connectivity index (χ0) is 16.3. The summed E-state index contributed by atoms with van der Waals surface area (Å²) in [6.07, 6.45) is -2.85. The lowest BCUT2D eigenvalue weighted by atomic mass is 10.1. The Bertz CT molecular complexity index is 645. The van der Waals surface area contributed by atoms with Crippen LogP contribution in [0, 0.1) is 5.92 Å². The van der Waals surface area contributed by atoms with Crippen molar-refractivity contribution in [1.82, 2.24) is 9.78 Å². The molecule has 22 heavy (non-hydrogen) atoms. The number of carbonyl (C=O) groups is 1. The number of anilines is 1. The van der Waals surface area contributed by atoms with Crippen LogP contribution in [0.3, 0.4) is 0 Å². The number of aromatic nitrogens is 2. The number of hydrogen-bond donors (Lipinski definition) is 1. The fraction of sp³-hybridized carbons (Fsp3) is 0.333. The average molecular weight is 311 g/mol. The molecule has 1 N–H and O–H groups in total. The molecule has 0 spiro atoms. The van der Waals surface area contributed by atoms with Gasteiger partial charge in [0.05, 0.1) is 11.8 Å². The van der Waals surface area contributed by atoms with Crippen LogP contribution in [0.5, 0.6) is 0 Å². The topological polar surface area (TPSA) is 46.9 Å². The number of halogens is 3. The maximum absolute atomic E-state index is 12.5. The molecule has 0 aliphatic heterocycles. The Morgan fingerprint density at radius 1 is 1.23 bits per heavy atom. The smallest absolute Gasteiger partial charge is 0.307 e. The van der Waals surface area contributed by atoms with Crippen molar-refractivity contribution in [3.8, 4) is 0 Å². The van der Waals surface area contributed by atoms with E-state index in [4.69, 9.17) is 0 Å². The summed E-state index contributed by atoms with van der Waals surface area (Å²) in [5, 5.41) is 6.75. The molecule has 4 nitrogen and oxygen atoms in total. The van der Waals surface area contributed by atoms with E-state index in [1.165, 1.54) is 0 Å². The predicted octanol–water partition coefficient (Wildman–Crippen LogP) is 3.81. The van der Waals surface area contributed by atoms with Gasteiger partial charge in [-0.1, -0.05) is 13.8 Å². The fourth-order valence-electron chi connectivity index (χ4n) is 1.93. The van der Waals surface area contributed by atoms with Gasteiger partial charge in [-0.15, -0.1) is 0 Å². The minimum absolute atomic E-state index is 0.158. The van der Waals surface area contributed by atoms with Crippen LogP contribution in [0.2, 0.25) is 0 Å². The van der Waals surface area contributed by atoms with Gasteiger partial charge in [-0.2, -0.15) is 18.3 Å². The van der Waals surface area contributed by atoms with E-state index in [1.54, 1.807) is 16.9 Å². The molecule has 1 heterocycles. The number of benzene rings is 1. The Labute approximate surface area is 125 Å². The maximum Gasteiger partial charge on any atom is 0.416 e. The molecule has 0 unspecified atom stereocenters. The van der Waals surface area contributed by atoms with Gasteiger partial charge in [0.15, 0.2) is 0 Å². The summed E-state index contributed by atoms with van der Waals surface area (Å²) < 4.78 is 39.1. The molecule has 0 atom stereocenters. The maximum atomic E-state index is 12.5. The lowest BCUT2D eigenvalue weighted by molar-refractivity contribution is -0.137. The second kappa shape index (κ2) is 6.21. The Kier molecular flexibility index (Phi) is 4.54. The first-order valence-corrected chi connectivity index (χ1v) is 6.78. The van der Waals surface area contributed by atoms with Crippen LogP contribution in [0.25, 0.3) is 0 Å². The second-order valence-electron chi connectivity index (χ2n) is 5.32. The predicted molar refractivity (Wildman–Crippen MR) is 76.5 cm³/mol. The van der Waals surface area contributed by atoms with Gasteiger partial charge in [-0.05, 0) is 30.2 Å². The number of alkyl halides is 3. The van der Waals surface area contributed by atoms with Crippen LogP contribution in [0.15, 0.2) is 36.5 Å². The lowest BCUT2D eigenvalue weighted by Gasteiger charge is -2.11. The van der Waals surface area contributed by atoms with E-state index >= 15 is 0 Å². The van der Waals surface area contributed by atoms with Gasteiger partial charge in [0, 0.05) is 18.2 Å². The Morgan fingerprint density at radius 3 is 2.41 bits per heavy atom. The van der Waals surface area contributed by atoms with Gasteiger partial charge in [0.2, 0.25) is 0 Å². The Balaban J connectivity index is 2.11. The van der Waals surface area contributed by atoms with Crippen molar-refractivity contribution in [2.24, 2.45) is 5.92 Å². The van der Waals surface area contributed by atoms with E-state index in [9.17, 15) is 18.0 Å². The third-order valence-electron chi connectivity index (χ3n) is 2.97. The molecular formula is C15H16F3N3O. The van der Waals surface area contributed by atoms with Crippen LogP contribution in [0.1, 0.15) is 29.8 Å². The minimum atomic E-state index is -4.41. The molecule has 0 bridgehead atoms. The first kappa shape index (κ1) is 16.1. The molecule has 0 fully saturated rings. The van der Waals surface area contributed by atoms with E-state index in [0.717, 1.165) is 24.3 Å². The third-order valence-corrected chi connectivity index (χ3v) is 2.97. The van der Waals surface area contributed by atoms with E-state index in [0.29, 0.717) is 18.3 Å². The number of nitrogens with one attached hydrogen (secondary N) is 1. The minimum Gasteiger partial charge on any atom is -0.307 e. The van der Waals surface area contributed by atoms with Gasteiger partial charge >= 0.3 is 6.18 Å². The fourth-order valence-corrected chi connectivity index (χ4v) is 1.93. The number of rotatable bonds is 4. The Hall–Kier alpha value is -2.31. The normalized spacial score (nSPS) is 11.7. The molecule has 0 saturated carbocycles. The molecule has 1 amide bonds. The molecule has 7 heteroatoms. The molecule has 2 aromatic rings. The van der Waals surface area contributed by atoms with E-state index < -0.39 is 17.6 Å². The van der Waals surface area contributed by atoms with Crippen molar-refractivity contribution in [3.63, 3.8) is 0 Å². The van der Waals surface area contributed by atoms with Crippen molar-refractivity contribution in [2.75, 3.05) is 5.32 Å². The molecule has 1 aromatic heterocycles. The number of nitrogens with zero attached hydrogens (tertiary/aromatic N) is 2. The van der Waals surface area contributed by atoms with Crippen LogP contribution in [-0.4, -0.2) is 15.7 Å². The highest BCUT2D eigenvalue weighted by molar-refractivity contribution is 6.03. The van der Waals surface area contributed by atoms with E-state index in [-0.39, 0.29) is 5.56 Å². The molecule has 0 aliphatic rings. The molecule has 0 radical (unpaired) electrons. The lowest BCUT2D eigenvalue weighted by Crippen LogP contribution is -2.17. The highest BCUT2D eigenvalue weighted by Crippen LogP contribution is 2.29. The first-order valence-electron chi connectivity index (χ1n) is 6.78. The quantitative estimate of drug-likeness (QED) is 0.933. The first-order chi connectivity index (χ1) is 10.3. The summed E-state index contributed by atoms with van der Waals surface area (Å²) in [7, 11) is 0. The largest absolute Gasteiger partial charge is 0.416 e. The van der Waals surface area contributed by atoms with Gasteiger partial charge in [0.1, 0.15) is 5.82 Å². The zero-order valence-electron chi connectivity index (χ0n) is 12.2. The van der Waals surface area contributed by atoms with Gasteiger partial charge < -0.3 is 5.32 Å². The summed E-state index contributed by atoms with van der Waals surface area (Å²) in [6.45, 7) is 4.67. The number of carbonyl (C=O) groups excluding carboxylic acids is 1. The van der Waals surface area contributed by atoms with Crippen LogP contribution in [0.4, 0.5) is 19.0 Å². The monoisotopic (exact) mass is 311 g/mol. The van der Waals surface area contributed by atoms with Crippen LogP contribution in [-0.2, 0) is 12.7 Å². The SMILES string of the molecule is CC(C)Cn1nccc1NC(=O)c1ccc(C(F)(F)F)cc1. The zero-order valence-corrected chi connectivity index (χ0v) is 12.2. The summed E-state index contributed by atoms with van der Waals surface area (Å²) in [5.74, 6) is 0.388. The highest BCUT2D eigenvalue weighted by atomic mass is 19.4. The second-order valence-corrected chi connectivity index (χ2v) is 5.32. The van der Waals surface area contributed by atoms with Gasteiger partial charge in [-0.25, -0.2) is 4.68 Å². The van der Waals surface area contributed by atoms with Crippen molar-refractivity contribution in [3.05, 3.63) is 47.7 Å². The summed E-state index contributed by atoms with van der Waals surface area (Å²) in [6, 6.07) is 5.73. The van der Waals surface area contributed by atoms with E-state index in [2.05, 4.69) is 10.4 Å².